The van der Waals surface area contributed by atoms with Crippen LogP contribution in [0.1, 0.15) is 23.4 Å². The van der Waals surface area contributed by atoms with Crippen LogP contribution in [0.25, 0.3) is 0 Å². The van der Waals surface area contributed by atoms with Crippen LogP contribution in [0.3, 0.4) is 0 Å². The molecule has 3 heterocycles. The number of allylic oxidation sites excluding steroid dienone is 1. The van der Waals surface area contributed by atoms with Crippen molar-refractivity contribution in [2.45, 2.75) is 12.8 Å². The third-order valence-corrected chi connectivity index (χ3v) is 3.56. The van der Waals surface area contributed by atoms with E-state index in [0.29, 0.717) is 5.82 Å². The average Bonchev–Trinajstić information content (AvgIpc) is 3.19. The number of nitrogens with one attached hydrogen (secondary N) is 1. The molecule has 1 fully saturated rings. The van der Waals surface area contributed by atoms with E-state index in [2.05, 4.69) is 5.32 Å². The molecule has 0 radical (unpaired) electrons. The molecular formula is C15H13N3O3. The molecule has 0 atom stereocenters. The molecule has 2 aliphatic rings. The summed E-state index contributed by atoms with van der Waals surface area (Å²) in [6.45, 7) is 1.61. The fourth-order valence-corrected chi connectivity index (χ4v) is 2.53. The lowest BCUT2D eigenvalue weighted by Crippen LogP contribution is -2.29. The molecule has 1 aromatic heterocycles. The Hall–Kier alpha value is -2.81. The Bertz CT molecular complexity index is 686. The Labute approximate surface area is 121 Å². The van der Waals surface area contributed by atoms with Gasteiger partial charge in [-0.15, -0.1) is 0 Å². The van der Waals surface area contributed by atoms with Crippen LogP contribution in [0, 0.1) is 11.3 Å². The van der Waals surface area contributed by atoms with Gasteiger partial charge in [0, 0.05) is 19.2 Å². The minimum absolute atomic E-state index is 0.0980. The summed E-state index contributed by atoms with van der Waals surface area (Å²) in [5, 5.41) is 12.0. The van der Waals surface area contributed by atoms with E-state index in [1.165, 1.54) is 12.3 Å². The van der Waals surface area contributed by atoms with Crippen LogP contribution in [0.5, 0.6) is 0 Å². The zero-order valence-electron chi connectivity index (χ0n) is 11.3. The number of carbonyl (C=O) groups excluding carboxylic acids is 2. The van der Waals surface area contributed by atoms with Crippen molar-refractivity contribution in [3.05, 3.63) is 47.2 Å². The lowest BCUT2D eigenvalue weighted by molar-refractivity contribution is -0.116. The Balaban J connectivity index is 1.95. The zero-order valence-corrected chi connectivity index (χ0v) is 11.3. The fourth-order valence-electron chi connectivity index (χ4n) is 2.53. The number of hydrogen-bond acceptors (Lipinski definition) is 5. The van der Waals surface area contributed by atoms with Gasteiger partial charge in [-0.25, -0.2) is 0 Å². The number of ketones is 1. The number of amides is 1. The smallest absolute Gasteiger partial charge is 0.258 e. The zero-order chi connectivity index (χ0) is 14.8. The predicted octanol–water partition coefficient (Wildman–Crippen LogP) is 1.35. The van der Waals surface area contributed by atoms with Gasteiger partial charge in [0.15, 0.2) is 5.76 Å². The third kappa shape index (κ3) is 2.34. The highest BCUT2D eigenvalue weighted by atomic mass is 16.3. The quantitative estimate of drug-likeness (QED) is 0.668. The Morgan fingerprint density at radius 3 is 2.81 bits per heavy atom. The molecule has 0 saturated carbocycles. The summed E-state index contributed by atoms with van der Waals surface area (Å²) >= 11 is 0. The SMILES string of the molecule is N#CC1=C(N2CCCC2)NC(=O)/C1=C/C(=O)c1ccco1. The minimum Gasteiger partial charge on any atom is -0.461 e. The molecule has 1 aromatic rings. The summed E-state index contributed by atoms with van der Waals surface area (Å²) in [6.07, 6.45) is 4.61. The standard InChI is InChI=1S/C15H13N3O3/c16-9-11-10(8-12(19)13-4-3-7-21-13)15(20)17-14(11)18-5-1-2-6-18/h3-4,7-8H,1-2,5-6H2,(H,17,20)/b10-8+. The molecule has 3 rings (SSSR count). The van der Waals surface area contributed by atoms with Crippen LogP contribution in [0.4, 0.5) is 0 Å². The van der Waals surface area contributed by atoms with Crippen molar-refractivity contribution in [2.75, 3.05) is 13.1 Å². The molecular weight excluding hydrogens is 270 g/mol. The Morgan fingerprint density at radius 1 is 1.43 bits per heavy atom. The van der Waals surface area contributed by atoms with E-state index >= 15 is 0 Å². The lowest BCUT2D eigenvalue weighted by atomic mass is 10.1. The van der Waals surface area contributed by atoms with Gasteiger partial charge in [0.1, 0.15) is 17.5 Å². The van der Waals surface area contributed by atoms with Crippen molar-refractivity contribution in [3.63, 3.8) is 0 Å². The maximum atomic E-state index is 12.0. The van der Waals surface area contributed by atoms with Crippen molar-refractivity contribution < 1.29 is 14.0 Å². The first kappa shape index (κ1) is 13.2. The van der Waals surface area contributed by atoms with E-state index in [4.69, 9.17) is 4.42 Å². The highest BCUT2D eigenvalue weighted by Crippen LogP contribution is 2.26. The second kappa shape index (κ2) is 5.29. The van der Waals surface area contributed by atoms with Crippen LogP contribution >= 0.6 is 0 Å². The van der Waals surface area contributed by atoms with Gasteiger partial charge in [-0.3, -0.25) is 9.59 Å². The number of furan rings is 1. The summed E-state index contributed by atoms with van der Waals surface area (Å²) in [4.78, 5) is 26.0. The summed E-state index contributed by atoms with van der Waals surface area (Å²) in [7, 11) is 0. The van der Waals surface area contributed by atoms with E-state index in [1.54, 1.807) is 6.07 Å². The Kier molecular flexibility index (Phi) is 3.32. The van der Waals surface area contributed by atoms with Gasteiger partial charge in [-0.2, -0.15) is 5.26 Å². The van der Waals surface area contributed by atoms with Gasteiger partial charge >= 0.3 is 0 Å². The maximum absolute atomic E-state index is 12.0. The number of likely N-dealkylation sites (tertiary alicyclic amines) is 1. The summed E-state index contributed by atoms with van der Waals surface area (Å²) < 4.78 is 5.00. The minimum atomic E-state index is -0.430. The van der Waals surface area contributed by atoms with Crippen molar-refractivity contribution in [3.8, 4) is 6.07 Å². The number of hydrogen-bond donors (Lipinski definition) is 1. The second-order valence-corrected chi connectivity index (χ2v) is 4.88. The first-order valence-corrected chi connectivity index (χ1v) is 6.71. The van der Waals surface area contributed by atoms with Gasteiger partial charge in [0.05, 0.1) is 11.8 Å². The summed E-state index contributed by atoms with van der Waals surface area (Å²) in [6, 6.07) is 5.14. The number of nitriles is 1. The van der Waals surface area contributed by atoms with Crippen molar-refractivity contribution in [1.29, 1.82) is 5.26 Å². The average molecular weight is 283 g/mol. The first-order chi connectivity index (χ1) is 10.2. The second-order valence-electron chi connectivity index (χ2n) is 4.88. The van der Waals surface area contributed by atoms with Crippen LogP contribution in [-0.2, 0) is 4.79 Å². The van der Waals surface area contributed by atoms with Crippen molar-refractivity contribution >= 4 is 11.7 Å². The molecule has 106 valence electrons. The maximum Gasteiger partial charge on any atom is 0.258 e. The number of rotatable bonds is 3. The number of nitrogens with zero attached hydrogens (tertiary/aromatic N) is 2. The topological polar surface area (TPSA) is 86.3 Å². The first-order valence-electron chi connectivity index (χ1n) is 6.71. The highest BCUT2D eigenvalue weighted by Gasteiger charge is 2.32. The summed E-state index contributed by atoms with van der Waals surface area (Å²) in [5.41, 5.74) is 0.322. The van der Waals surface area contributed by atoms with Gasteiger partial charge in [-0.05, 0) is 25.0 Å². The van der Waals surface area contributed by atoms with E-state index < -0.39 is 11.7 Å². The van der Waals surface area contributed by atoms with Gasteiger partial charge in [-0.1, -0.05) is 0 Å². The molecule has 21 heavy (non-hydrogen) atoms. The van der Waals surface area contributed by atoms with Crippen molar-refractivity contribution in [1.82, 2.24) is 10.2 Å². The van der Waals surface area contributed by atoms with E-state index in [1.807, 2.05) is 11.0 Å². The Morgan fingerprint density at radius 2 is 2.19 bits per heavy atom. The molecule has 1 N–H and O–H groups in total. The third-order valence-electron chi connectivity index (χ3n) is 3.56. The van der Waals surface area contributed by atoms with Gasteiger partial charge in [0.25, 0.3) is 5.91 Å². The van der Waals surface area contributed by atoms with Crippen molar-refractivity contribution in [2.24, 2.45) is 0 Å². The van der Waals surface area contributed by atoms with Crippen LogP contribution in [-0.4, -0.2) is 29.7 Å². The lowest BCUT2D eigenvalue weighted by Gasteiger charge is -2.18. The molecule has 0 spiro atoms. The molecule has 0 aromatic carbocycles. The van der Waals surface area contributed by atoms with E-state index in [9.17, 15) is 14.9 Å². The number of carbonyl (C=O) groups is 2. The normalized spacial score (nSPS) is 20.0. The predicted molar refractivity (Wildman–Crippen MR) is 72.7 cm³/mol. The molecule has 0 aliphatic carbocycles. The fraction of sp³-hybridized carbons (Fsp3) is 0.267. The summed E-state index contributed by atoms with van der Waals surface area (Å²) in [5.74, 6) is -0.199. The molecule has 6 nitrogen and oxygen atoms in total. The molecule has 0 unspecified atom stereocenters. The highest BCUT2D eigenvalue weighted by molar-refractivity contribution is 6.12. The van der Waals surface area contributed by atoms with Gasteiger partial charge < -0.3 is 14.6 Å². The molecule has 2 aliphatic heterocycles. The molecule has 6 heteroatoms. The van der Waals surface area contributed by atoms with Gasteiger partial charge in [0.2, 0.25) is 5.78 Å². The monoisotopic (exact) mass is 283 g/mol. The molecule has 1 saturated heterocycles. The van der Waals surface area contributed by atoms with Crippen LogP contribution < -0.4 is 5.32 Å². The largest absolute Gasteiger partial charge is 0.461 e. The van der Waals surface area contributed by atoms with Crippen LogP contribution in [0.2, 0.25) is 0 Å². The molecule has 0 bridgehead atoms. The van der Waals surface area contributed by atoms with E-state index in [-0.39, 0.29) is 16.9 Å². The van der Waals surface area contributed by atoms with Crippen LogP contribution in [0.15, 0.2) is 45.9 Å². The van der Waals surface area contributed by atoms with E-state index in [0.717, 1.165) is 32.0 Å². The molecule has 1 amide bonds.